The van der Waals surface area contributed by atoms with Crippen LogP contribution < -0.4 is 0 Å². The van der Waals surface area contributed by atoms with E-state index in [-0.39, 0.29) is 11.5 Å². The zero-order valence-corrected chi connectivity index (χ0v) is 6.99. The molecule has 12 heavy (non-hydrogen) atoms. The van der Waals surface area contributed by atoms with Crippen LogP contribution >= 0.6 is 0 Å². The van der Waals surface area contributed by atoms with Gasteiger partial charge in [0.15, 0.2) is 11.5 Å². The van der Waals surface area contributed by atoms with Crippen molar-refractivity contribution in [1.82, 2.24) is 0 Å². The van der Waals surface area contributed by atoms with Crippen LogP contribution in [0.2, 0.25) is 0 Å². The minimum absolute atomic E-state index is 0.0757. The third kappa shape index (κ3) is 2.02. The lowest BCUT2D eigenvalue weighted by Crippen LogP contribution is -1.72. The van der Waals surface area contributed by atoms with Gasteiger partial charge >= 0.3 is 0 Å². The molecule has 0 unspecified atom stereocenters. The van der Waals surface area contributed by atoms with Gasteiger partial charge in [-0.3, -0.25) is 0 Å². The van der Waals surface area contributed by atoms with E-state index in [2.05, 4.69) is 0 Å². The van der Waals surface area contributed by atoms with E-state index in [9.17, 15) is 0 Å². The van der Waals surface area contributed by atoms with E-state index >= 15 is 0 Å². The van der Waals surface area contributed by atoms with E-state index in [1.807, 2.05) is 19.1 Å². The molecule has 0 fully saturated rings. The van der Waals surface area contributed by atoms with Crippen LogP contribution in [0.1, 0.15) is 18.9 Å². The van der Waals surface area contributed by atoms with E-state index < -0.39 is 0 Å². The first-order valence-corrected chi connectivity index (χ1v) is 3.92. The van der Waals surface area contributed by atoms with Crippen LogP contribution in [0, 0.1) is 0 Å². The molecule has 0 aliphatic rings. The summed E-state index contributed by atoms with van der Waals surface area (Å²) in [5.74, 6) is -0.156. The number of phenolic OH excluding ortho intramolecular Hbond substituents is 2. The molecular weight excluding hydrogens is 152 g/mol. The van der Waals surface area contributed by atoms with Crippen molar-refractivity contribution in [2.75, 3.05) is 0 Å². The molecule has 2 nitrogen and oxygen atoms in total. The van der Waals surface area contributed by atoms with Gasteiger partial charge in [0.2, 0.25) is 0 Å². The fourth-order valence-electron chi connectivity index (χ4n) is 0.898. The van der Waals surface area contributed by atoms with E-state index in [0.717, 1.165) is 12.0 Å². The van der Waals surface area contributed by atoms with Gasteiger partial charge < -0.3 is 10.2 Å². The number of benzene rings is 1. The lowest BCUT2D eigenvalue weighted by molar-refractivity contribution is 0.403. The van der Waals surface area contributed by atoms with Crippen molar-refractivity contribution in [3.05, 3.63) is 29.8 Å². The van der Waals surface area contributed by atoms with Crippen molar-refractivity contribution in [2.45, 2.75) is 13.3 Å². The molecule has 0 aliphatic heterocycles. The summed E-state index contributed by atoms with van der Waals surface area (Å²) in [7, 11) is 0. The Morgan fingerprint density at radius 1 is 1.25 bits per heavy atom. The molecule has 0 bridgehead atoms. The van der Waals surface area contributed by atoms with E-state index in [0.29, 0.717) is 0 Å². The topological polar surface area (TPSA) is 40.5 Å². The summed E-state index contributed by atoms with van der Waals surface area (Å²) in [6.45, 7) is 2.04. The van der Waals surface area contributed by atoms with Gasteiger partial charge in [-0.1, -0.05) is 25.1 Å². The number of hydrogen-bond donors (Lipinski definition) is 2. The van der Waals surface area contributed by atoms with Gasteiger partial charge in [0.05, 0.1) is 0 Å². The van der Waals surface area contributed by atoms with Crippen molar-refractivity contribution < 1.29 is 10.2 Å². The number of phenols is 2. The van der Waals surface area contributed by atoms with Crippen molar-refractivity contribution in [3.8, 4) is 11.5 Å². The molecule has 0 aliphatic carbocycles. The Labute approximate surface area is 71.8 Å². The Bertz CT molecular complexity index is 290. The number of hydrogen-bond acceptors (Lipinski definition) is 2. The Morgan fingerprint density at radius 3 is 2.58 bits per heavy atom. The molecule has 0 spiro atoms. The summed E-state index contributed by atoms with van der Waals surface area (Å²) in [5, 5.41) is 18.1. The van der Waals surface area contributed by atoms with Gasteiger partial charge in [0.1, 0.15) is 0 Å². The summed E-state index contributed by atoms with van der Waals surface area (Å²) in [6.07, 6.45) is 4.85. The van der Waals surface area contributed by atoms with Crippen molar-refractivity contribution in [2.24, 2.45) is 0 Å². The highest BCUT2D eigenvalue weighted by atomic mass is 16.3. The SMILES string of the molecule is CCC=Cc1ccc(O)c(O)c1. The Balaban J connectivity index is 2.89. The third-order valence-electron chi connectivity index (χ3n) is 1.55. The van der Waals surface area contributed by atoms with Gasteiger partial charge in [0.25, 0.3) is 0 Å². The highest BCUT2D eigenvalue weighted by Gasteiger charge is 1.96. The predicted octanol–water partition coefficient (Wildman–Crippen LogP) is 2.52. The minimum Gasteiger partial charge on any atom is -0.504 e. The van der Waals surface area contributed by atoms with E-state index in [4.69, 9.17) is 10.2 Å². The molecule has 0 saturated heterocycles. The van der Waals surface area contributed by atoms with E-state index in [1.165, 1.54) is 12.1 Å². The molecule has 2 heteroatoms. The van der Waals surface area contributed by atoms with Crippen LogP contribution in [-0.4, -0.2) is 10.2 Å². The second-order valence-electron chi connectivity index (χ2n) is 2.56. The van der Waals surface area contributed by atoms with Crippen LogP contribution in [0.4, 0.5) is 0 Å². The van der Waals surface area contributed by atoms with Gasteiger partial charge in [-0.05, 0) is 24.1 Å². The second kappa shape index (κ2) is 3.81. The highest BCUT2D eigenvalue weighted by Crippen LogP contribution is 2.25. The molecule has 2 N–H and O–H groups in total. The zero-order valence-electron chi connectivity index (χ0n) is 6.99. The first-order chi connectivity index (χ1) is 5.74. The average molecular weight is 164 g/mol. The third-order valence-corrected chi connectivity index (χ3v) is 1.55. The lowest BCUT2D eigenvalue weighted by atomic mass is 10.2. The molecule has 0 heterocycles. The van der Waals surface area contributed by atoms with Crippen LogP contribution in [0.25, 0.3) is 6.08 Å². The smallest absolute Gasteiger partial charge is 0.157 e. The number of aromatic hydroxyl groups is 2. The molecule has 1 aromatic carbocycles. The summed E-state index contributed by atoms with van der Waals surface area (Å²) >= 11 is 0. The van der Waals surface area contributed by atoms with Crippen molar-refractivity contribution >= 4 is 6.08 Å². The standard InChI is InChI=1S/C10H12O2/c1-2-3-4-8-5-6-9(11)10(12)7-8/h3-7,11-12H,2H2,1H3. The van der Waals surface area contributed by atoms with Crippen LogP contribution in [0.5, 0.6) is 11.5 Å². The predicted molar refractivity (Wildman–Crippen MR) is 49.1 cm³/mol. The maximum atomic E-state index is 9.12. The molecule has 64 valence electrons. The molecule has 1 aromatic rings. The summed E-state index contributed by atoms with van der Waals surface area (Å²) < 4.78 is 0. The average Bonchev–Trinajstić information content (AvgIpc) is 2.07. The molecule has 1 rings (SSSR count). The van der Waals surface area contributed by atoms with E-state index in [1.54, 1.807) is 6.07 Å². The first-order valence-electron chi connectivity index (χ1n) is 3.92. The maximum Gasteiger partial charge on any atom is 0.157 e. The normalized spacial score (nSPS) is 10.8. The monoisotopic (exact) mass is 164 g/mol. The molecule has 0 amide bonds. The zero-order chi connectivity index (χ0) is 8.97. The Hall–Kier alpha value is -1.44. The molecule has 0 atom stereocenters. The number of rotatable bonds is 2. The largest absolute Gasteiger partial charge is 0.504 e. The fraction of sp³-hybridized carbons (Fsp3) is 0.200. The van der Waals surface area contributed by atoms with Crippen LogP contribution in [0.15, 0.2) is 24.3 Å². The van der Waals surface area contributed by atoms with Crippen LogP contribution in [0.3, 0.4) is 0 Å². The van der Waals surface area contributed by atoms with Gasteiger partial charge in [-0.15, -0.1) is 0 Å². The molecule has 0 aromatic heterocycles. The van der Waals surface area contributed by atoms with Crippen LogP contribution in [-0.2, 0) is 0 Å². The Morgan fingerprint density at radius 2 is 2.00 bits per heavy atom. The maximum absolute atomic E-state index is 9.12. The van der Waals surface area contributed by atoms with Gasteiger partial charge in [-0.25, -0.2) is 0 Å². The second-order valence-corrected chi connectivity index (χ2v) is 2.56. The minimum atomic E-state index is -0.0800. The Kier molecular flexibility index (Phi) is 2.75. The summed E-state index contributed by atoms with van der Waals surface area (Å²) in [6, 6.07) is 4.76. The van der Waals surface area contributed by atoms with Gasteiger partial charge in [-0.2, -0.15) is 0 Å². The highest BCUT2D eigenvalue weighted by molar-refractivity contribution is 5.54. The first kappa shape index (κ1) is 8.65. The molecule has 0 saturated carbocycles. The molecular formula is C10H12O2. The lowest BCUT2D eigenvalue weighted by Gasteiger charge is -1.97. The molecule has 0 radical (unpaired) electrons. The summed E-state index contributed by atoms with van der Waals surface area (Å²) in [5.41, 5.74) is 0.896. The fourth-order valence-corrected chi connectivity index (χ4v) is 0.898. The van der Waals surface area contributed by atoms with Crippen molar-refractivity contribution in [1.29, 1.82) is 0 Å². The quantitative estimate of drug-likeness (QED) is 0.659. The number of allylic oxidation sites excluding steroid dienone is 1. The van der Waals surface area contributed by atoms with Gasteiger partial charge in [0, 0.05) is 0 Å². The summed E-state index contributed by atoms with van der Waals surface area (Å²) in [4.78, 5) is 0. The van der Waals surface area contributed by atoms with Crippen molar-refractivity contribution in [3.63, 3.8) is 0 Å².